The molecule has 108 valence electrons. The second-order valence-corrected chi connectivity index (χ2v) is 5.92. The number of rotatable bonds is 3. The minimum absolute atomic E-state index is 0.738. The zero-order valence-electron chi connectivity index (χ0n) is 11.6. The van der Waals surface area contributed by atoms with E-state index in [-0.39, 0.29) is 0 Å². The van der Waals surface area contributed by atoms with Crippen LogP contribution in [0.2, 0.25) is 0 Å². The Morgan fingerprint density at radius 2 is 1.86 bits per heavy atom. The average Bonchev–Trinajstić information content (AvgIpc) is 3.15. The molecule has 2 aromatic carbocycles. The van der Waals surface area contributed by atoms with Crippen LogP contribution in [0.4, 0.5) is 17.2 Å². The number of H-pyrrole nitrogens is 1. The standard InChI is InChI=1S/C16H13N5S/c17-10-5-7-11(8-6-10)19-15-12(9-18-21-15)16-20-13-3-1-2-4-14(13)22-16/h1-9H,17H2,(H2,18,19,21). The molecule has 2 heterocycles. The molecule has 4 N–H and O–H groups in total. The Kier molecular flexibility index (Phi) is 3.01. The van der Waals surface area contributed by atoms with Crippen LogP contribution in [0.3, 0.4) is 0 Å². The number of benzene rings is 2. The molecule has 0 radical (unpaired) electrons. The van der Waals surface area contributed by atoms with E-state index in [0.717, 1.165) is 38.0 Å². The molecule has 0 aliphatic heterocycles. The fourth-order valence-electron chi connectivity index (χ4n) is 2.24. The lowest BCUT2D eigenvalue weighted by Crippen LogP contribution is -1.93. The predicted molar refractivity (Wildman–Crippen MR) is 91.3 cm³/mol. The van der Waals surface area contributed by atoms with Crippen molar-refractivity contribution in [2.24, 2.45) is 0 Å². The van der Waals surface area contributed by atoms with E-state index in [1.165, 1.54) is 0 Å². The molecule has 4 rings (SSSR count). The average molecular weight is 307 g/mol. The topological polar surface area (TPSA) is 79.6 Å². The van der Waals surface area contributed by atoms with Crippen LogP contribution in [0.5, 0.6) is 0 Å². The molecule has 0 saturated carbocycles. The molecule has 0 atom stereocenters. The van der Waals surface area contributed by atoms with Gasteiger partial charge in [-0.15, -0.1) is 11.3 Å². The fraction of sp³-hybridized carbons (Fsp3) is 0. The maximum Gasteiger partial charge on any atom is 0.136 e. The second kappa shape index (κ2) is 5.16. The maximum atomic E-state index is 5.71. The first-order valence-electron chi connectivity index (χ1n) is 6.81. The second-order valence-electron chi connectivity index (χ2n) is 4.89. The lowest BCUT2D eigenvalue weighted by atomic mass is 10.2. The van der Waals surface area contributed by atoms with Crippen molar-refractivity contribution in [1.82, 2.24) is 15.2 Å². The Hall–Kier alpha value is -2.86. The molecule has 0 fully saturated rings. The van der Waals surface area contributed by atoms with E-state index in [0.29, 0.717) is 0 Å². The third-order valence-electron chi connectivity index (χ3n) is 3.34. The summed E-state index contributed by atoms with van der Waals surface area (Å²) >= 11 is 1.65. The van der Waals surface area contributed by atoms with Crippen molar-refractivity contribution >= 4 is 38.7 Å². The fourth-order valence-corrected chi connectivity index (χ4v) is 3.22. The van der Waals surface area contributed by atoms with Gasteiger partial charge in [0, 0.05) is 11.4 Å². The quantitative estimate of drug-likeness (QED) is 0.500. The molecule has 22 heavy (non-hydrogen) atoms. The first-order valence-corrected chi connectivity index (χ1v) is 7.63. The van der Waals surface area contributed by atoms with Crippen molar-refractivity contribution in [1.29, 1.82) is 0 Å². The Morgan fingerprint density at radius 3 is 2.68 bits per heavy atom. The van der Waals surface area contributed by atoms with Crippen molar-refractivity contribution in [2.75, 3.05) is 11.1 Å². The summed E-state index contributed by atoms with van der Waals surface area (Å²) in [4.78, 5) is 4.67. The summed E-state index contributed by atoms with van der Waals surface area (Å²) in [6.07, 6.45) is 1.79. The van der Waals surface area contributed by atoms with E-state index in [9.17, 15) is 0 Å². The van der Waals surface area contributed by atoms with Crippen LogP contribution >= 0.6 is 11.3 Å². The molecular weight excluding hydrogens is 294 g/mol. The van der Waals surface area contributed by atoms with Gasteiger partial charge in [0.15, 0.2) is 0 Å². The highest BCUT2D eigenvalue weighted by Crippen LogP contribution is 2.34. The monoisotopic (exact) mass is 307 g/mol. The number of nitrogens with one attached hydrogen (secondary N) is 2. The molecule has 0 aliphatic rings. The zero-order chi connectivity index (χ0) is 14.9. The summed E-state index contributed by atoms with van der Waals surface area (Å²) in [6.45, 7) is 0. The molecule has 0 unspecified atom stereocenters. The smallest absolute Gasteiger partial charge is 0.136 e. The van der Waals surface area contributed by atoms with Crippen LogP contribution in [0.1, 0.15) is 0 Å². The molecule has 0 bridgehead atoms. The predicted octanol–water partition coefficient (Wildman–Crippen LogP) is 4.01. The number of para-hydroxylation sites is 1. The van der Waals surface area contributed by atoms with Crippen molar-refractivity contribution in [3.05, 3.63) is 54.7 Å². The normalized spacial score (nSPS) is 10.9. The number of anilines is 3. The summed E-state index contributed by atoms with van der Waals surface area (Å²) in [5, 5.41) is 11.4. The van der Waals surface area contributed by atoms with Gasteiger partial charge in [-0.25, -0.2) is 4.98 Å². The number of thiazole rings is 1. The largest absolute Gasteiger partial charge is 0.399 e. The van der Waals surface area contributed by atoms with E-state index in [1.807, 2.05) is 42.5 Å². The van der Waals surface area contributed by atoms with Crippen molar-refractivity contribution in [3.63, 3.8) is 0 Å². The molecule has 0 amide bonds. The first kappa shape index (κ1) is 12.8. The van der Waals surface area contributed by atoms with Crippen molar-refractivity contribution in [3.8, 4) is 10.6 Å². The van der Waals surface area contributed by atoms with Gasteiger partial charge in [0.1, 0.15) is 10.8 Å². The van der Waals surface area contributed by atoms with Crippen LogP contribution in [0.15, 0.2) is 54.7 Å². The molecule has 6 heteroatoms. The Labute approximate surface area is 130 Å². The van der Waals surface area contributed by atoms with E-state index in [2.05, 4.69) is 26.6 Å². The highest BCUT2D eigenvalue weighted by molar-refractivity contribution is 7.21. The van der Waals surface area contributed by atoms with Gasteiger partial charge in [0.05, 0.1) is 22.0 Å². The van der Waals surface area contributed by atoms with E-state index in [1.54, 1.807) is 17.5 Å². The SMILES string of the molecule is Nc1ccc(Nc2[nH]ncc2-c2nc3ccccc3s2)cc1. The molecule has 4 aromatic rings. The number of hydrogen-bond acceptors (Lipinski definition) is 5. The molecule has 0 aliphatic carbocycles. The van der Waals surface area contributed by atoms with Gasteiger partial charge in [0.2, 0.25) is 0 Å². The molecular formula is C16H13N5S. The lowest BCUT2D eigenvalue weighted by molar-refractivity contribution is 1.09. The van der Waals surface area contributed by atoms with Crippen molar-refractivity contribution in [2.45, 2.75) is 0 Å². The Morgan fingerprint density at radius 1 is 1.05 bits per heavy atom. The summed E-state index contributed by atoms with van der Waals surface area (Å²) in [6, 6.07) is 15.7. The summed E-state index contributed by atoms with van der Waals surface area (Å²) < 4.78 is 1.16. The van der Waals surface area contributed by atoms with Gasteiger partial charge < -0.3 is 11.1 Å². The van der Waals surface area contributed by atoms with Crippen molar-refractivity contribution < 1.29 is 0 Å². The molecule has 0 saturated heterocycles. The van der Waals surface area contributed by atoms with E-state index < -0.39 is 0 Å². The van der Waals surface area contributed by atoms with Crippen LogP contribution in [0, 0.1) is 0 Å². The maximum absolute atomic E-state index is 5.71. The van der Waals surface area contributed by atoms with Crippen LogP contribution in [-0.4, -0.2) is 15.2 Å². The molecule has 5 nitrogen and oxygen atoms in total. The van der Waals surface area contributed by atoms with E-state index >= 15 is 0 Å². The number of nitrogens with two attached hydrogens (primary N) is 1. The van der Waals surface area contributed by atoms with Gasteiger partial charge in [-0.3, -0.25) is 5.10 Å². The van der Waals surface area contributed by atoms with Gasteiger partial charge in [0.25, 0.3) is 0 Å². The minimum atomic E-state index is 0.738. The molecule has 0 spiro atoms. The zero-order valence-corrected chi connectivity index (χ0v) is 12.4. The number of aromatic nitrogens is 3. The number of aromatic amines is 1. The Balaban J connectivity index is 1.71. The third-order valence-corrected chi connectivity index (χ3v) is 4.41. The number of fused-ring (bicyclic) bond motifs is 1. The third kappa shape index (κ3) is 2.29. The van der Waals surface area contributed by atoms with Crippen LogP contribution < -0.4 is 11.1 Å². The van der Waals surface area contributed by atoms with Gasteiger partial charge >= 0.3 is 0 Å². The Bertz CT molecular complexity index is 890. The highest BCUT2D eigenvalue weighted by Gasteiger charge is 2.12. The first-order chi connectivity index (χ1) is 10.8. The van der Waals surface area contributed by atoms with Gasteiger partial charge in [-0.05, 0) is 36.4 Å². The number of nitrogen functional groups attached to an aromatic ring is 1. The lowest BCUT2D eigenvalue weighted by Gasteiger charge is -2.05. The van der Waals surface area contributed by atoms with Gasteiger partial charge in [-0.1, -0.05) is 12.1 Å². The van der Waals surface area contributed by atoms with Gasteiger partial charge in [-0.2, -0.15) is 5.10 Å². The highest BCUT2D eigenvalue weighted by atomic mass is 32.1. The number of nitrogens with zero attached hydrogens (tertiary/aromatic N) is 2. The summed E-state index contributed by atoms with van der Waals surface area (Å²) in [5.74, 6) is 0.823. The van der Waals surface area contributed by atoms with E-state index in [4.69, 9.17) is 5.73 Å². The molecule has 2 aromatic heterocycles. The minimum Gasteiger partial charge on any atom is -0.399 e. The summed E-state index contributed by atoms with van der Waals surface area (Å²) in [7, 11) is 0. The van der Waals surface area contributed by atoms with Crippen LogP contribution in [0.25, 0.3) is 20.8 Å². The van der Waals surface area contributed by atoms with Crippen LogP contribution in [-0.2, 0) is 0 Å². The summed E-state index contributed by atoms with van der Waals surface area (Å²) in [5.41, 5.74) is 9.35. The number of hydrogen-bond donors (Lipinski definition) is 3.